The Bertz CT molecular complexity index is 825. The summed E-state index contributed by atoms with van der Waals surface area (Å²) in [6.45, 7) is 7.99. The fourth-order valence-corrected chi connectivity index (χ4v) is 2.86. The Morgan fingerprint density at radius 1 is 0.962 bits per heavy atom. The minimum atomic E-state index is -0.566. The first-order valence-corrected chi connectivity index (χ1v) is 9.00. The van der Waals surface area contributed by atoms with Crippen molar-refractivity contribution in [1.29, 1.82) is 0 Å². The Morgan fingerprint density at radius 3 is 2.15 bits per heavy atom. The number of halogens is 1. The van der Waals surface area contributed by atoms with E-state index >= 15 is 0 Å². The van der Waals surface area contributed by atoms with Gasteiger partial charge in [0.2, 0.25) is 0 Å². The molecule has 1 aliphatic rings. The largest absolute Gasteiger partial charge is 0.495 e. The van der Waals surface area contributed by atoms with E-state index in [0.29, 0.717) is 10.6 Å². The van der Waals surface area contributed by atoms with Crippen LogP contribution in [0.4, 0.5) is 0 Å². The third-order valence-electron chi connectivity index (χ3n) is 5.03. The second-order valence-corrected chi connectivity index (χ2v) is 7.86. The van der Waals surface area contributed by atoms with Crippen molar-refractivity contribution in [2.24, 2.45) is 0 Å². The Balaban J connectivity index is 1.85. The molecule has 2 aromatic rings. The predicted octanol–water partition coefficient (Wildman–Crippen LogP) is 4.54. The van der Waals surface area contributed by atoms with Crippen LogP contribution in [0.25, 0.3) is 6.08 Å². The predicted molar refractivity (Wildman–Crippen MR) is 107 cm³/mol. The van der Waals surface area contributed by atoms with E-state index in [1.807, 2.05) is 58.0 Å². The lowest BCUT2D eigenvalue weighted by Crippen LogP contribution is -2.41. The van der Waals surface area contributed by atoms with Gasteiger partial charge in [-0.25, -0.2) is 0 Å². The minimum Gasteiger partial charge on any atom is -0.399 e. The molecule has 5 heteroatoms. The molecule has 1 aliphatic heterocycles. The fraction of sp³-hybridized carbons (Fsp3) is 0.286. The maximum atomic E-state index is 12.8. The monoisotopic (exact) mass is 368 g/mol. The summed E-state index contributed by atoms with van der Waals surface area (Å²) in [6.07, 6.45) is 3.34. The van der Waals surface area contributed by atoms with Gasteiger partial charge >= 0.3 is 7.12 Å². The van der Waals surface area contributed by atoms with Crippen LogP contribution in [0.1, 0.15) is 43.6 Å². The maximum Gasteiger partial charge on any atom is 0.495 e. The highest BCUT2D eigenvalue weighted by molar-refractivity contribution is 6.63. The van der Waals surface area contributed by atoms with Gasteiger partial charge in [0, 0.05) is 10.6 Å². The van der Waals surface area contributed by atoms with Crippen molar-refractivity contribution in [2.45, 2.75) is 38.9 Å². The second-order valence-electron chi connectivity index (χ2n) is 7.42. The summed E-state index contributed by atoms with van der Waals surface area (Å²) in [7, 11) is -0.566. The Kier molecular flexibility index (Phi) is 5.11. The van der Waals surface area contributed by atoms with Gasteiger partial charge in [0.15, 0.2) is 5.78 Å². The summed E-state index contributed by atoms with van der Waals surface area (Å²) in [4.78, 5) is 12.8. The standard InChI is InChI=1S/C21H22BClO3/c1-20(2)21(3,4)26-22(25-20)18-8-6-5-7-17(18)19(24)14-11-15-9-12-16(23)13-10-15/h5-14H,1-4H3/b14-11+. The highest BCUT2D eigenvalue weighted by atomic mass is 35.5. The lowest BCUT2D eigenvalue weighted by Gasteiger charge is -2.32. The van der Waals surface area contributed by atoms with Crippen LogP contribution >= 0.6 is 11.6 Å². The van der Waals surface area contributed by atoms with Crippen LogP contribution < -0.4 is 5.46 Å². The van der Waals surface area contributed by atoms with Gasteiger partial charge in [-0.1, -0.05) is 54.1 Å². The van der Waals surface area contributed by atoms with E-state index in [1.54, 1.807) is 30.4 Å². The van der Waals surface area contributed by atoms with Gasteiger partial charge in [0.1, 0.15) is 0 Å². The van der Waals surface area contributed by atoms with Crippen LogP contribution in [0.15, 0.2) is 54.6 Å². The smallest absolute Gasteiger partial charge is 0.399 e. The van der Waals surface area contributed by atoms with Gasteiger partial charge in [-0.2, -0.15) is 0 Å². The van der Waals surface area contributed by atoms with Crippen LogP contribution in [-0.2, 0) is 9.31 Å². The van der Waals surface area contributed by atoms with E-state index in [-0.39, 0.29) is 5.78 Å². The highest BCUT2D eigenvalue weighted by Crippen LogP contribution is 2.36. The van der Waals surface area contributed by atoms with Crippen molar-refractivity contribution in [3.05, 3.63) is 70.8 Å². The molecular formula is C21H22BClO3. The van der Waals surface area contributed by atoms with Gasteiger partial charge in [0.05, 0.1) is 11.2 Å². The Labute approximate surface area is 160 Å². The van der Waals surface area contributed by atoms with Gasteiger partial charge in [-0.3, -0.25) is 4.79 Å². The summed E-state index contributed by atoms with van der Waals surface area (Å²) in [6, 6.07) is 14.7. The molecule has 26 heavy (non-hydrogen) atoms. The summed E-state index contributed by atoms with van der Waals surface area (Å²) in [5, 5.41) is 0.666. The Hall–Kier alpha value is -1.88. The average Bonchev–Trinajstić information content (AvgIpc) is 2.82. The first-order valence-electron chi connectivity index (χ1n) is 8.62. The number of hydrogen-bond donors (Lipinski definition) is 0. The topological polar surface area (TPSA) is 35.5 Å². The number of carbonyl (C=O) groups excluding carboxylic acids is 1. The minimum absolute atomic E-state index is 0.0923. The first kappa shape index (κ1) is 18.9. The number of ketones is 1. The lowest BCUT2D eigenvalue weighted by molar-refractivity contribution is 0.00578. The van der Waals surface area contributed by atoms with Crippen LogP contribution in [0.2, 0.25) is 5.02 Å². The molecule has 0 bridgehead atoms. The quantitative estimate of drug-likeness (QED) is 0.452. The molecule has 0 aromatic heterocycles. The van der Waals surface area contributed by atoms with Crippen LogP contribution in [0, 0.1) is 0 Å². The van der Waals surface area contributed by atoms with Gasteiger partial charge < -0.3 is 9.31 Å². The molecule has 3 rings (SSSR count). The Morgan fingerprint density at radius 2 is 1.54 bits per heavy atom. The molecule has 0 N–H and O–H groups in total. The zero-order chi connectivity index (χ0) is 18.9. The van der Waals surface area contributed by atoms with Gasteiger partial charge in [0.25, 0.3) is 0 Å². The van der Waals surface area contributed by atoms with Crippen LogP contribution in [-0.4, -0.2) is 24.1 Å². The molecule has 0 amide bonds. The molecule has 0 aliphatic carbocycles. The molecule has 2 aromatic carbocycles. The van der Waals surface area contributed by atoms with E-state index in [9.17, 15) is 4.79 Å². The average molecular weight is 369 g/mol. The molecule has 134 valence electrons. The van der Waals surface area contributed by atoms with Gasteiger partial charge in [-0.15, -0.1) is 0 Å². The summed E-state index contributed by atoms with van der Waals surface area (Å²) < 4.78 is 12.2. The van der Waals surface area contributed by atoms with Crippen molar-refractivity contribution in [2.75, 3.05) is 0 Å². The molecule has 3 nitrogen and oxygen atoms in total. The number of carbonyl (C=O) groups is 1. The van der Waals surface area contributed by atoms with E-state index in [2.05, 4.69) is 0 Å². The first-order chi connectivity index (χ1) is 12.2. The summed E-state index contributed by atoms with van der Waals surface area (Å²) in [5.74, 6) is -0.0923. The van der Waals surface area contributed by atoms with Crippen molar-refractivity contribution in [1.82, 2.24) is 0 Å². The number of benzene rings is 2. The molecule has 1 saturated heterocycles. The fourth-order valence-electron chi connectivity index (χ4n) is 2.73. The number of rotatable bonds is 4. The van der Waals surface area contributed by atoms with Crippen LogP contribution in [0.3, 0.4) is 0 Å². The van der Waals surface area contributed by atoms with Crippen LogP contribution in [0.5, 0.6) is 0 Å². The third-order valence-corrected chi connectivity index (χ3v) is 5.28. The molecule has 1 heterocycles. The third kappa shape index (κ3) is 3.78. The van der Waals surface area contributed by atoms with E-state index in [1.165, 1.54) is 0 Å². The molecule has 0 radical (unpaired) electrons. The van der Waals surface area contributed by atoms with Crippen molar-refractivity contribution < 1.29 is 14.1 Å². The number of allylic oxidation sites excluding steroid dienone is 1. The molecule has 0 spiro atoms. The zero-order valence-corrected chi connectivity index (χ0v) is 16.2. The zero-order valence-electron chi connectivity index (χ0n) is 15.5. The van der Waals surface area contributed by atoms with Crippen molar-refractivity contribution in [3.63, 3.8) is 0 Å². The lowest BCUT2D eigenvalue weighted by atomic mass is 9.75. The number of hydrogen-bond acceptors (Lipinski definition) is 3. The van der Waals surface area contributed by atoms with E-state index in [0.717, 1.165) is 11.0 Å². The van der Waals surface area contributed by atoms with E-state index in [4.69, 9.17) is 20.9 Å². The normalized spacial score (nSPS) is 18.4. The van der Waals surface area contributed by atoms with E-state index < -0.39 is 18.3 Å². The molecule has 1 fully saturated rings. The molecular weight excluding hydrogens is 346 g/mol. The molecule has 0 atom stereocenters. The highest BCUT2D eigenvalue weighted by Gasteiger charge is 2.52. The van der Waals surface area contributed by atoms with Crippen molar-refractivity contribution >= 4 is 36.0 Å². The second kappa shape index (κ2) is 7.03. The SMILES string of the molecule is CC1(C)OB(c2ccccc2C(=O)/C=C/c2ccc(Cl)cc2)OC1(C)C. The summed E-state index contributed by atoms with van der Waals surface area (Å²) in [5.41, 5.74) is 1.34. The maximum absolute atomic E-state index is 12.8. The molecule has 0 saturated carbocycles. The molecule has 0 unspecified atom stereocenters. The van der Waals surface area contributed by atoms with Crippen molar-refractivity contribution in [3.8, 4) is 0 Å². The summed E-state index contributed by atoms with van der Waals surface area (Å²) >= 11 is 5.89. The van der Waals surface area contributed by atoms with Gasteiger partial charge in [-0.05, 0) is 56.9 Å².